The van der Waals surface area contributed by atoms with E-state index in [1.807, 2.05) is 4.31 Å². The van der Waals surface area contributed by atoms with Gasteiger partial charge in [0.15, 0.2) is 0 Å². The second-order valence-corrected chi connectivity index (χ2v) is 14.0. The van der Waals surface area contributed by atoms with Crippen LogP contribution in [0.15, 0.2) is 17.0 Å². The summed E-state index contributed by atoms with van der Waals surface area (Å²) >= 11 is 0. The molecule has 4 rings (SSSR count). The zero-order valence-electron chi connectivity index (χ0n) is 23.4. The molecule has 0 amide bonds. The van der Waals surface area contributed by atoms with E-state index in [0.717, 1.165) is 56.3 Å². The summed E-state index contributed by atoms with van der Waals surface area (Å²) in [5.74, 6) is 1.44. The van der Waals surface area contributed by atoms with Gasteiger partial charge in [0.2, 0.25) is 10.0 Å². The topological polar surface area (TPSA) is 37.4 Å². The van der Waals surface area contributed by atoms with Crippen molar-refractivity contribution >= 4 is 10.0 Å². The Morgan fingerprint density at radius 2 is 1.03 bits per heavy atom. The third-order valence-electron chi connectivity index (χ3n) is 9.46. The Morgan fingerprint density at radius 3 is 1.42 bits per heavy atom. The Kier molecular flexibility index (Phi) is 10.8. The average Bonchev–Trinajstić information content (AvgIpc) is 2.93. The maximum atomic E-state index is 14.7. The molecule has 0 N–H and O–H groups in total. The summed E-state index contributed by atoms with van der Waals surface area (Å²) in [6, 6.07) is 4.84. The molecule has 3 fully saturated rings. The van der Waals surface area contributed by atoms with Gasteiger partial charge < -0.3 is 0 Å². The summed E-state index contributed by atoms with van der Waals surface area (Å²) in [5.41, 5.74) is 3.91. The predicted octanol–water partition coefficient (Wildman–Crippen LogP) is 9.42. The van der Waals surface area contributed by atoms with Crippen LogP contribution in [-0.2, 0) is 10.0 Å². The van der Waals surface area contributed by atoms with Crippen molar-refractivity contribution < 1.29 is 8.42 Å². The van der Waals surface area contributed by atoms with Crippen LogP contribution in [0.25, 0.3) is 0 Å². The standard InChI is InChI=1S/C32H53NO2S/c1-3-5-22-33(23-6-4-2)36(34,35)32-30(27-18-12-8-13-19-27)24-29(26-16-10-7-11-17-26)25-31(32)28-20-14-9-15-21-28/h24-28H,3-23H2,1-2H3. The molecule has 1 aromatic carbocycles. The number of hydrogen-bond donors (Lipinski definition) is 0. The number of hydrogen-bond acceptors (Lipinski definition) is 2. The van der Waals surface area contributed by atoms with Crippen LogP contribution in [0.3, 0.4) is 0 Å². The van der Waals surface area contributed by atoms with Crippen molar-refractivity contribution in [3.8, 4) is 0 Å². The molecule has 0 aliphatic heterocycles. The Labute approximate surface area is 222 Å². The molecule has 1 aromatic rings. The van der Waals surface area contributed by atoms with E-state index in [-0.39, 0.29) is 0 Å². The zero-order chi connectivity index (χ0) is 25.4. The molecular weight excluding hydrogens is 462 g/mol. The summed E-state index contributed by atoms with van der Waals surface area (Å²) in [4.78, 5) is 0.771. The number of benzene rings is 1. The van der Waals surface area contributed by atoms with Crippen LogP contribution in [0.5, 0.6) is 0 Å². The van der Waals surface area contributed by atoms with E-state index < -0.39 is 10.0 Å². The molecular formula is C32H53NO2S. The lowest BCUT2D eigenvalue weighted by Gasteiger charge is -2.34. The highest BCUT2D eigenvalue weighted by Crippen LogP contribution is 2.46. The van der Waals surface area contributed by atoms with Crippen molar-refractivity contribution in [1.82, 2.24) is 4.31 Å². The number of sulfonamides is 1. The first-order valence-corrected chi connectivity index (χ1v) is 17.2. The maximum Gasteiger partial charge on any atom is 0.243 e. The van der Waals surface area contributed by atoms with Crippen LogP contribution < -0.4 is 0 Å². The molecule has 0 atom stereocenters. The third kappa shape index (κ3) is 6.76. The van der Waals surface area contributed by atoms with Gasteiger partial charge in [-0.25, -0.2) is 8.42 Å². The molecule has 0 heterocycles. The summed E-state index contributed by atoms with van der Waals surface area (Å²) in [7, 11) is -3.52. The Balaban J connectivity index is 1.87. The van der Waals surface area contributed by atoms with Crippen molar-refractivity contribution in [2.45, 2.75) is 158 Å². The Bertz CT molecular complexity index is 859. The number of nitrogens with zero attached hydrogens (tertiary/aromatic N) is 1. The fourth-order valence-electron chi connectivity index (χ4n) is 7.25. The van der Waals surface area contributed by atoms with E-state index in [1.165, 1.54) is 87.3 Å². The molecule has 0 spiro atoms. The lowest BCUT2D eigenvalue weighted by molar-refractivity contribution is 0.387. The summed E-state index contributed by atoms with van der Waals surface area (Å²) in [5, 5.41) is 0. The summed E-state index contributed by atoms with van der Waals surface area (Å²) in [6.45, 7) is 5.67. The Morgan fingerprint density at radius 1 is 0.639 bits per heavy atom. The monoisotopic (exact) mass is 515 g/mol. The molecule has 0 aromatic heterocycles. The molecule has 0 bridgehead atoms. The van der Waals surface area contributed by atoms with Gasteiger partial charge in [-0.1, -0.05) is 96.6 Å². The van der Waals surface area contributed by atoms with Crippen molar-refractivity contribution in [2.24, 2.45) is 0 Å². The fraction of sp³-hybridized carbons (Fsp3) is 0.812. The zero-order valence-corrected chi connectivity index (χ0v) is 24.2. The highest BCUT2D eigenvalue weighted by atomic mass is 32.2. The van der Waals surface area contributed by atoms with E-state index in [9.17, 15) is 8.42 Å². The minimum absolute atomic E-state index is 0.411. The van der Waals surface area contributed by atoms with E-state index in [1.54, 1.807) is 0 Å². The highest BCUT2D eigenvalue weighted by molar-refractivity contribution is 7.89. The van der Waals surface area contributed by atoms with E-state index in [2.05, 4.69) is 26.0 Å². The molecule has 0 radical (unpaired) electrons. The van der Waals surface area contributed by atoms with Crippen molar-refractivity contribution in [3.05, 3.63) is 28.8 Å². The minimum atomic E-state index is -3.52. The van der Waals surface area contributed by atoms with Crippen molar-refractivity contribution in [1.29, 1.82) is 0 Å². The molecule has 3 nitrogen and oxygen atoms in total. The van der Waals surface area contributed by atoms with Crippen LogP contribution in [0, 0.1) is 0 Å². The van der Waals surface area contributed by atoms with Gasteiger partial charge >= 0.3 is 0 Å². The number of rotatable bonds is 11. The maximum absolute atomic E-state index is 14.7. The van der Waals surface area contributed by atoms with E-state index in [4.69, 9.17) is 0 Å². The van der Waals surface area contributed by atoms with Crippen molar-refractivity contribution in [3.63, 3.8) is 0 Å². The first-order valence-electron chi connectivity index (χ1n) is 15.7. The van der Waals surface area contributed by atoms with Gasteiger partial charge in [0.05, 0.1) is 4.90 Å². The minimum Gasteiger partial charge on any atom is -0.207 e. The summed E-state index contributed by atoms with van der Waals surface area (Å²) < 4.78 is 31.3. The molecule has 3 aliphatic rings. The van der Waals surface area contributed by atoms with Gasteiger partial charge in [-0.15, -0.1) is 0 Å². The van der Waals surface area contributed by atoms with Crippen molar-refractivity contribution in [2.75, 3.05) is 13.1 Å². The van der Waals surface area contributed by atoms with Crippen LogP contribution >= 0.6 is 0 Å². The average molecular weight is 516 g/mol. The van der Waals surface area contributed by atoms with E-state index in [0.29, 0.717) is 30.8 Å². The predicted molar refractivity (Wildman–Crippen MR) is 152 cm³/mol. The fourth-order valence-corrected chi connectivity index (χ4v) is 9.30. The molecule has 3 saturated carbocycles. The van der Waals surface area contributed by atoms with Crippen LogP contribution in [0.1, 0.15) is 170 Å². The molecule has 0 saturated heterocycles. The van der Waals surface area contributed by atoms with Gasteiger partial charge in [-0.3, -0.25) is 0 Å². The smallest absolute Gasteiger partial charge is 0.207 e. The Hall–Kier alpha value is -0.870. The molecule has 204 valence electrons. The quantitative estimate of drug-likeness (QED) is 0.294. The van der Waals surface area contributed by atoms with Gasteiger partial charge in [0.25, 0.3) is 0 Å². The second-order valence-electron chi connectivity index (χ2n) is 12.1. The van der Waals surface area contributed by atoms with E-state index >= 15 is 0 Å². The van der Waals surface area contributed by atoms with Crippen LogP contribution in [-0.4, -0.2) is 25.8 Å². The molecule has 0 unspecified atom stereocenters. The summed E-state index contributed by atoms with van der Waals surface area (Å²) in [6.07, 6.45) is 22.7. The number of unbranched alkanes of at least 4 members (excludes halogenated alkanes) is 2. The molecule has 4 heteroatoms. The third-order valence-corrected chi connectivity index (χ3v) is 11.5. The van der Waals surface area contributed by atoms with Crippen LogP contribution in [0.2, 0.25) is 0 Å². The lowest BCUT2D eigenvalue weighted by atomic mass is 9.76. The SMILES string of the molecule is CCCCN(CCCC)S(=O)(=O)c1c(C2CCCCC2)cc(C2CCCCC2)cc1C1CCCCC1. The molecule has 36 heavy (non-hydrogen) atoms. The second kappa shape index (κ2) is 13.8. The molecule has 3 aliphatic carbocycles. The van der Waals surface area contributed by atoms with Crippen LogP contribution in [0.4, 0.5) is 0 Å². The first-order chi connectivity index (χ1) is 17.6. The largest absolute Gasteiger partial charge is 0.243 e. The van der Waals surface area contributed by atoms with Gasteiger partial charge in [-0.05, 0) is 85.8 Å². The van der Waals surface area contributed by atoms with Gasteiger partial charge in [-0.2, -0.15) is 4.31 Å². The van der Waals surface area contributed by atoms with Gasteiger partial charge in [0, 0.05) is 13.1 Å². The highest BCUT2D eigenvalue weighted by Gasteiger charge is 2.35. The first kappa shape index (κ1) is 28.1. The van der Waals surface area contributed by atoms with Gasteiger partial charge in [0.1, 0.15) is 0 Å². The lowest BCUT2D eigenvalue weighted by Crippen LogP contribution is -2.35. The normalized spacial score (nSPS) is 21.3.